The number of hydrogen-bond donors (Lipinski definition) is 4. The van der Waals surface area contributed by atoms with E-state index in [4.69, 9.17) is 22.9 Å². The zero-order valence-corrected chi connectivity index (χ0v) is 5.92. The first-order chi connectivity index (χ1) is 4.85. The minimum Gasteiger partial charge on any atom is -0.307 e. The molecule has 11 heavy (non-hydrogen) atoms. The van der Waals surface area contributed by atoms with Gasteiger partial charge in [-0.3, -0.25) is 0 Å². The zero-order valence-electron chi connectivity index (χ0n) is 5.92. The monoisotopic (exact) mass is 158 g/mol. The Morgan fingerprint density at radius 1 is 1.09 bits per heavy atom. The van der Waals surface area contributed by atoms with Crippen molar-refractivity contribution < 1.29 is 4.39 Å². The highest BCUT2D eigenvalue weighted by molar-refractivity contribution is 5.32. The molecule has 0 spiro atoms. The lowest BCUT2D eigenvalue weighted by molar-refractivity contribution is 0.339. The summed E-state index contributed by atoms with van der Waals surface area (Å²) in [6, 6.07) is 0. The van der Waals surface area contributed by atoms with Gasteiger partial charge in [-0.1, -0.05) is 0 Å². The summed E-state index contributed by atoms with van der Waals surface area (Å²) in [6.45, 7) is 0. The van der Waals surface area contributed by atoms with Gasteiger partial charge in [0, 0.05) is 0 Å². The van der Waals surface area contributed by atoms with Crippen LogP contribution in [0.2, 0.25) is 0 Å². The summed E-state index contributed by atoms with van der Waals surface area (Å²) in [5.41, 5.74) is 18.8. The molecule has 0 amide bonds. The lowest BCUT2D eigenvalue weighted by Crippen LogP contribution is -2.74. The van der Waals surface area contributed by atoms with Crippen LogP contribution in [-0.4, -0.2) is 11.3 Å². The van der Waals surface area contributed by atoms with Crippen molar-refractivity contribution in [3.05, 3.63) is 24.1 Å². The lowest BCUT2D eigenvalue weighted by atomic mass is 9.91. The predicted molar refractivity (Wildman–Crippen MR) is 40.5 cm³/mol. The summed E-state index contributed by atoms with van der Waals surface area (Å²) in [6.07, 6.45) is 3.37. The normalized spacial score (nSPS) is 26.5. The van der Waals surface area contributed by atoms with Crippen LogP contribution in [0, 0.1) is 0 Å². The third-order valence-electron chi connectivity index (χ3n) is 1.65. The van der Waals surface area contributed by atoms with Crippen molar-refractivity contribution in [3.63, 3.8) is 0 Å². The Morgan fingerprint density at radius 3 is 2.00 bits per heavy atom. The van der Waals surface area contributed by atoms with Crippen LogP contribution in [0.5, 0.6) is 0 Å². The first-order valence-electron chi connectivity index (χ1n) is 3.08. The van der Waals surface area contributed by atoms with Gasteiger partial charge in [0.15, 0.2) is 0 Å². The van der Waals surface area contributed by atoms with Crippen LogP contribution >= 0.6 is 0 Å². The summed E-state index contributed by atoms with van der Waals surface area (Å²) in [7, 11) is 0. The van der Waals surface area contributed by atoms with E-state index < -0.39 is 17.2 Å². The average molecular weight is 158 g/mol. The molecule has 62 valence electrons. The molecule has 0 saturated carbocycles. The summed E-state index contributed by atoms with van der Waals surface area (Å²) in [5, 5.41) is 0. The second kappa shape index (κ2) is 2.12. The zero-order chi connectivity index (χ0) is 8.70. The van der Waals surface area contributed by atoms with E-state index in [1.807, 2.05) is 0 Å². The van der Waals surface area contributed by atoms with E-state index in [1.54, 1.807) is 0 Å². The maximum Gasteiger partial charge on any atom is 0.122 e. The molecule has 8 N–H and O–H groups in total. The Balaban J connectivity index is 3.04. The standard InChI is InChI=1S/C6H11FN4/c7-4-1-2-5(8,9)6(10,11)3-4/h1-3H,8-11H2. The van der Waals surface area contributed by atoms with Gasteiger partial charge in [-0.15, -0.1) is 0 Å². The second-order valence-corrected chi connectivity index (χ2v) is 2.73. The van der Waals surface area contributed by atoms with Crippen molar-refractivity contribution in [1.82, 2.24) is 0 Å². The van der Waals surface area contributed by atoms with Crippen LogP contribution in [0.25, 0.3) is 0 Å². The Morgan fingerprint density at radius 2 is 1.64 bits per heavy atom. The van der Waals surface area contributed by atoms with Gasteiger partial charge in [-0.05, 0) is 18.2 Å². The number of allylic oxidation sites excluding steroid dienone is 2. The molecule has 4 nitrogen and oxygen atoms in total. The van der Waals surface area contributed by atoms with Gasteiger partial charge in [0.05, 0.1) is 0 Å². The van der Waals surface area contributed by atoms with Gasteiger partial charge in [-0.25, -0.2) is 4.39 Å². The van der Waals surface area contributed by atoms with Crippen molar-refractivity contribution in [2.75, 3.05) is 0 Å². The molecule has 0 heterocycles. The molecular weight excluding hydrogens is 147 g/mol. The fraction of sp³-hybridized carbons (Fsp3) is 0.333. The van der Waals surface area contributed by atoms with Crippen molar-refractivity contribution in [2.45, 2.75) is 11.3 Å². The minimum absolute atomic E-state index is 0.526. The lowest BCUT2D eigenvalue weighted by Gasteiger charge is -2.37. The molecular formula is C6H11FN4. The Labute approximate surface area is 63.7 Å². The number of rotatable bonds is 0. The topological polar surface area (TPSA) is 104 Å². The van der Waals surface area contributed by atoms with Crippen LogP contribution in [0.4, 0.5) is 4.39 Å². The van der Waals surface area contributed by atoms with E-state index in [0.29, 0.717) is 0 Å². The molecule has 0 aromatic heterocycles. The highest BCUT2D eigenvalue weighted by Gasteiger charge is 2.38. The summed E-state index contributed by atoms with van der Waals surface area (Å²) in [5.74, 6) is -0.526. The molecule has 0 fully saturated rings. The maximum atomic E-state index is 12.5. The quantitative estimate of drug-likeness (QED) is 0.327. The fourth-order valence-electron chi connectivity index (χ4n) is 0.763. The predicted octanol–water partition coefficient (Wildman–Crippen LogP) is -1.36. The summed E-state index contributed by atoms with van der Waals surface area (Å²) in [4.78, 5) is 0. The van der Waals surface area contributed by atoms with Crippen molar-refractivity contribution in [1.29, 1.82) is 0 Å². The van der Waals surface area contributed by atoms with Gasteiger partial charge in [0.1, 0.15) is 17.2 Å². The van der Waals surface area contributed by atoms with Crippen LogP contribution in [-0.2, 0) is 0 Å². The van der Waals surface area contributed by atoms with Crippen LogP contribution < -0.4 is 22.9 Å². The van der Waals surface area contributed by atoms with Crippen LogP contribution in [0.3, 0.4) is 0 Å². The molecule has 1 aliphatic carbocycles. The molecule has 0 bridgehead atoms. The van der Waals surface area contributed by atoms with Gasteiger partial charge in [0.25, 0.3) is 0 Å². The number of hydrogen-bond acceptors (Lipinski definition) is 4. The Bertz CT molecular complexity index is 229. The van der Waals surface area contributed by atoms with Crippen molar-refractivity contribution in [2.24, 2.45) is 22.9 Å². The van der Waals surface area contributed by atoms with Gasteiger partial charge >= 0.3 is 0 Å². The van der Waals surface area contributed by atoms with Gasteiger partial charge in [-0.2, -0.15) is 0 Å². The largest absolute Gasteiger partial charge is 0.307 e. The molecule has 5 heteroatoms. The molecule has 0 unspecified atom stereocenters. The molecule has 0 radical (unpaired) electrons. The first kappa shape index (κ1) is 8.35. The van der Waals surface area contributed by atoms with Gasteiger partial charge in [0.2, 0.25) is 0 Å². The number of nitrogens with two attached hydrogens (primary N) is 4. The molecule has 1 aliphatic rings. The summed E-state index contributed by atoms with van der Waals surface area (Å²) < 4.78 is 12.5. The summed E-state index contributed by atoms with van der Waals surface area (Å²) >= 11 is 0. The van der Waals surface area contributed by atoms with E-state index in [2.05, 4.69) is 0 Å². The third-order valence-corrected chi connectivity index (χ3v) is 1.65. The molecule has 1 rings (SSSR count). The highest BCUT2D eigenvalue weighted by Crippen LogP contribution is 2.19. The smallest absolute Gasteiger partial charge is 0.122 e. The fourth-order valence-corrected chi connectivity index (χ4v) is 0.763. The second-order valence-electron chi connectivity index (χ2n) is 2.73. The Hall–Kier alpha value is -0.750. The van der Waals surface area contributed by atoms with E-state index in [-0.39, 0.29) is 0 Å². The molecule has 0 aliphatic heterocycles. The molecule has 0 saturated heterocycles. The van der Waals surface area contributed by atoms with Crippen molar-refractivity contribution >= 4 is 0 Å². The van der Waals surface area contributed by atoms with Gasteiger partial charge < -0.3 is 22.9 Å². The average Bonchev–Trinajstić information content (AvgIpc) is 1.80. The van der Waals surface area contributed by atoms with E-state index >= 15 is 0 Å². The first-order valence-corrected chi connectivity index (χ1v) is 3.08. The Kier molecular flexibility index (Phi) is 1.61. The highest BCUT2D eigenvalue weighted by atomic mass is 19.1. The maximum absolute atomic E-state index is 12.5. The minimum atomic E-state index is -1.52. The van der Waals surface area contributed by atoms with Crippen LogP contribution in [0.15, 0.2) is 24.1 Å². The molecule has 0 aromatic carbocycles. The molecule has 0 aromatic rings. The SMILES string of the molecule is NC1(N)C=CC(F)=CC1(N)N. The van der Waals surface area contributed by atoms with E-state index in [0.717, 1.165) is 12.2 Å². The van der Waals surface area contributed by atoms with Crippen molar-refractivity contribution in [3.8, 4) is 0 Å². The molecule has 0 atom stereocenters. The van der Waals surface area contributed by atoms with E-state index in [9.17, 15) is 4.39 Å². The van der Waals surface area contributed by atoms with Crippen LogP contribution in [0.1, 0.15) is 0 Å². The number of halogens is 1. The van der Waals surface area contributed by atoms with E-state index in [1.165, 1.54) is 6.08 Å². The third kappa shape index (κ3) is 1.31.